The third-order valence-corrected chi connectivity index (χ3v) is 3.80. The lowest BCUT2D eigenvalue weighted by Gasteiger charge is -2.26. The van der Waals surface area contributed by atoms with Gasteiger partial charge in [0.2, 0.25) is 0 Å². The van der Waals surface area contributed by atoms with Crippen molar-refractivity contribution in [2.24, 2.45) is 0 Å². The summed E-state index contributed by atoms with van der Waals surface area (Å²) >= 11 is 0. The molecule has 0 bridgehead atoms. The zero-order valence-electron chi connectivity index (χ0n) is 12.3. The number of hydrogen-bond acceptors (Lipinski definition) is 4. The lowest BCUT2D eigenvalue weighted by atomic mass is 10.1. The number of aliphatic hydroxyl groups is 1. The molecule has 110 valence electrons. The zero-order valence-corrected chi connectivity index (χ0v) is 12.3. The van der Waals surface area contributed by atoms with E-state index >= 15 is 0 Å². The minimum absolute atomic E-state index is 0.176. The highest BCUT2D eigenvalue weighted by Crippen LogP contribution is 2.19. The molecule has 1 aromatic carbocycles. The summed E-state index contributed by atoms with van der Waals surface area (Å²) in [5, 5.41) is 9.82. The minimum Gasteiger partial charge on any atom is -0.392 e. The maximum atomic E-state index is 12.1. The largest absolute Gasteiger partial charge is 0.392 e. The van der Waals surface area contributed by atoms with Crippen molar-refractivity contribution in [3.8, 4) is 0 Å². The number of likely N-dealkylation sites (N-methyl/N-ethyl adjacent to an activating group) is 1. The average molecular weight is 276 g/mol. The number of rotatable bonds is 6. The predicted molar refractivity (Wildman–Crippen MR) is 79.9 cm³/mol. The van der Waals surface area contributed by atoms with Crippen LogP contribution in [0.25, 0.3) is 0 Å². The summed E-state index contributed by atoms with van der Waals surface area (Å²) in [6.07, 6.45) is 1.06. The fourth-order valence-electron chi connectivity index (χ4n) is 2.86. The van der Waals surface area contributed by atoms with Gasteiger partial charge in [0.15, 0.2) is 5.78 Å². The van der Waals surface area contributed by atoms with Gasteiger partial charge in [0.25, 0.3) is 0 Å². The van der Waals surface area contributed by atoms with Gasteiger partial charge in [-0.2, -0.15) is 0 Å². The molecular formula is C16H24N2O2. The van der Waals surface area contributed by atoms with Crippen LogP contribution in [0.3, 0.4) is 0 Å². The molecule has 0 spiro atoms. The molecule has 0 amide bonds. The molecule has 2 atom stereocenters. The Labute approximate surface area is 121 Å². The first-order valence-corrected chi connectivity index (χ1v) is 7.21. The van der Waals surface area contributed by atoms with Gasteiger partial charge in [-0.25, -0.2) is 0 Å². The van der Waals surface area contributed by atoms with E-state index in [1.807, 2.05) is 44.4 Å². The molecule has 1 aromatic rings. The Morgan fingerprint density at radius 1 is 1.35 bits per heavy atom. The van der Waals surface area contributed by atoms with Crippen LogP contribution in [0.2, 0.25) is 0 Å². The number of nitrogens with zero attached hydrogens (tertiary/aromatic N) is 2. The molecule has 1 fully saturated rings. The standard InChI is InChI=1S/C16H24N2O2/c1-17(2)11-14-10-15(19)12-18(14)9-8-16(20)13-6-4-3-5-7-13/h3-7,14-15,19H,8-12H2,1-2H3. The maximum absolute atomic E-state index is 12.1. The summed E-state index contributed by atoms with van der Waals surface area (Å²) in [5.41, 5.74) is 0.774. The van der Waals surface area contributed by atoms with Crippen molar-refractivity contribution >= 4 is 5.78 Å². The molecule has 0 aromatic heterocycles. The molecule has 4 heteroatoms. The SMILES string of the molecule is CN(C)CC1CC(O)CN1CCC(=O)c1ccccc1. The highest BCUT2D eigenvalue weighted by atomic mass is 16.3. The molecule has 1 N–H and O–H groups in total. The number of carbonyl (C=O) groups is 1. The highest BCUT2D eigenvalue weighted by molar-refractivity contribution is 5.96. The third kappa shape index (κ3) is 4.13. The number of ketones is 1. The van der Waals surface area contributed by atoms with Crippen LogP contribution in [-0.2, 0) is 0 Å². The Morgan fingerprint density at radius 2 is 2.05 bits per heavy atom. The van der Waals surface area contributed by atoms with Crippen LogP contribution in [0.5, 0.6) is 0 Å². The molecular weight excluding hydrogens is 252 g/mol. The molecule has 0 saturated carbocycles. The van der Waals surface area contributed by atoms with Gasteiger partial charge in [0.1, 0.15) is 0 Å². The van der Waals surface area contributed by atoms with E-state index in [0.29, 0.717) is 19.0 Å². The topological polar surface area (TPSA) is 43.8 Å². The van der Waals surface area contributed by atoms with Crippen LogP contribution in [0, 0.1) is 0 Å². The summed E-state index contributed by atoms with van der Waals surface area (Å²) < 4.78 is 0. The van der Waals surface area contributed by atoms with Crippen LogP contribution in [0.15, 0.2) is 30.3 Å². The number of Topliss-reactive ketones (excluding diaryl/α,β-unsaturated/α-hetero) is 1. The van der Waals surface area contributed by atoms with Crippen LogP contribution >= 0.6 is 0 Å². The van der Waals surface area contributed by atoms with E-state index in [4.69, 9.17) is 0 Å². The fraction of sp³-hybridized carbons (Fsp3) is 0.562. The second kappa shape index (κ2) is 6.97. The van der Waals surface area contributed by atoms with Crippen molar-refractivity contribution in [3.63, 3.8) is 0 Å². The molecule has 2 rings (SSSR count). The average Bonchev–Trinajstić information content (AvgIpc) is 2.76. The first kappa shape index (κ1) is 15.2. The van der Waals surface area contributed by atoms with Gasteiger partial charge in [-0.15, -0.1) is 0 Å². The second-order valence-electron chi connectivity index (χ2n) is 5.84. The van der Waals surface area contributed by atoms with Crippen LogP contribution < -0.4 is 0 Å². The minimum atomic E-state index is -0.258. The van der Waals surface area contributed by atoms with E-state index in [-0.39, 0.29) is 11.9 Å². The molecule has 1 aliphatic heterocycles. The van der Waals surface area contributed by atoms with Crippen molar-refractivity contribution in [3.05, 3.63) is 35.9 Å². The van der Waals surface area contributed by atoms with Crippen LogP contribution in [-0.4, -0.2) is 66.6 Å². The quantitative estimate of drug-likeness (QED) is 0.794. The monoisotopic (exact) mass is 276 g/mol. The highest BCUT2D eigenvalue weighted by Gasteiger charge is 2.31. The van der Waals surface area contributed by atoms with Gasteiger partial charge in [-0.3, -0.25) is 9.69 Å². The van der Waals surface area contributed by atoms with E-state index in [9.17, 15) is 9.90 Å². The second-order valence-corrected chi connectivity index (χ2v) is 5.84. The first-order chi connectivity index (χ1) is 9.56. The normalized spacial score (nSPS) is 23.4. The van der Waals surface area contributed by atoms with Gasteiger partial charge < -0.3 is 10.0 Å². The summed E-state index contributed by atoms with van der Waals surface area (Å²) in [4.78, 5) is 16.5. The molecule has 20 heavy (non-hydrogen) atoms. The van der Waals surface area contributed by atoms with Gasteiger partial charge in [0.05, 0.1) is 6.10 Å². The molecule has 0 aliphatic carbocycles. The Hall–Kier alpha value is -1.23. The first-order valence-electron chi connectivity index (χ1n) is 7.21. The van der Waals surface area contributed by atoms with E-state index < -0.39 is 0 Å². The molecule has 2 unspecified atom stereocenters. The van der Waals surface area contributed by atoms with Gasteiger partial charge in [0, 0.05) is 37.7 Å². The number of carbonyl (C=O) groups excluding carboxylic acids is 1. The molecule has 1 aliphatic rings. The van der Waals surface area contributed by atoms with Crippen molar-refractivity contribution in [1.29, 1.82) is 0 Å². The Balaban J connectivity index is 1.87. The number of aliphatic hydroxyl groups excluding tert-OH is 1. The van der Waals surface area contributed by atoms with Crippen molar-refractivity contribution < 1.29 is 9.90 Å². The van der Waals surface area contributed by atoms with Crippen LogP contribution in [0.1, 0.15) is 23.2 Å². The number of benzene rings is 1. The van der Waals surface area contributed by atoms with Gasteiger partial charge >= 0.3 is 0 Å². The smallest absolute Gasteiger partial charge is 0.164 e. The third-order valence-electron chi connectivity index (χ3n) is 3.80. The summed E-state index contributed by atoms with van der Waals surface area (Å²) in [7, 11) is 4.08. The number of hydrogen-bond donors (Lipinski definition) is 1. The predicted octanol–water partition coefficient (Wildman–Crippen LogP) is 1.26. The Bertz CT molecular complexity index is 433. The fourth-order valence-corrected chi connectivity index (χ4v) is 2.86. The molecule has 0 radical (unpaired) electrons. The number of β-amino-alcohol motifs (C(OH)–C–C–N with tert-alkyl or cyclic N) is 1. The van der Waals surface area contributed by atoms with Crippen molar-refractivity contribution in [2.75, 3.05) is 33.7 Å². The van der Waals surface area contributed by atoms with E-state index in [1.54, 1.807) is 0 Å². The lowest BCUT2D eigenvalue weighted by molar-refractivity contribution is 0.0952. The van der Waals surface area contributed by atoms with Crippen molar-refractivity contribution in [1.82, 2.24) is 9.80 Å². The van der Waals surface area contributed by atoms with Gasteiger partial charge in [-0.05, 0) is 20.5 Å². The molecule has 1 saturated heterocycles. The van der Waals surface area contributed by atoms with E-state index in [2.05, 4.69) is 9.80 Å². The Kier molecular flexibility index (Phi) is 5.29. The van der Waals surface area contributed by atoms with E-state index in [0.717, 1.165) is 25.1 Å². The zero-order chi connectivity index (χ0) is 14.5. The van der Waals surface area contributed by atoms with Gasteiger partial charge in [-0.1, -0.05) is 30.3 Å². The maximum Gasteiger partial charge on any atom is 0.164 e. The summed E-state index contributed by atoms with van der Waals surface area (Å²) in [5.74, 6) is 0.176. The van der Waals surface area contributed by atoms with Crippen molar-refractivity contribution in [2.45, 2.75) is 25.0 Å². The summed E-state index contributed by atoms with van der Waals surface area (Å²) in [6, 6.07) is 9.77. The molecule has 1 heterocycles. The summed E-state index contributed by atoms with van der Waals surface area (Å²) in [6.45, 7) is 2.33. The van der Waals surface area contributed by atoms with Crippen LogP contribution in [0.4, 0.5) is 0 Å². The van der Waals surface area contributed by atoms with E-state index in [1.165, 1.54) is 0 Å². The Morgan fingerprint density at radius 3 is 2.70 bits per heavy atom. The lowest BCUT2D eigenvalue weighted by Crippen LogP contribution is -2.38. The molecule has 4 nitrogen and oxygen atoms in total. The number of likely N-dealkylation sites (tertiary alicyclic amines) is 1.